The molecule has 0 atom stereocenters. The second kappa shape index (κ2) is 8.43. The summed E-state index contributed by atoms with van der Waals surface area (Å²) in [6, 6.07) is 1.40. The van der Waals surface area contributed by atoms with Gasteiger partial charge < -0.3 is 20.1 Å². The van der Waals surface area contributed by atoms with Gasteiger partial charge in [0, 0.05) is 20.2 Å². The zero-order chi connectivity index (χ0) is 15.8. The highest BCUT2D eigenvalue weighted by Gasteiger charge is 2.19. The van der Waals surface area contributed by atoms with Crippen LogP contribution in [-0.4, -0.2) is 55.7 Å². The van der Waals surface area contributed by atoms with E-state index in [0.717, 1.165) is 0 Å². The number of esters is 1. The van der Waals surface area contributed by atoms with E-state index in [1.165, 1.54) is 31.4 Å². The van der Waals surface area contributed by atoms with Crippen LogP contribution in [0, 0.1) is 0 Å². The molecule has 7 nitrogen and oxygen atoms in total. The summed E-state index contributed by atoms with van der Waals surface area (Å²) in [7, 11) is 2.82. The summed E-state index contributed by atoms with van der Waals surface area (Å²) in [5.41, 5.74) is 6.22. The van der Waals surface area contributed by atoms with Crippen LogP contribution in [-0.2, 0) is 14.3 Å². The van der Waals surface area contributed by atoms with Crippen molar-refractivity contribution in [2.45, 2.75) is 6.42 Å². The van der Waals surface area contributed by atoms with E-state index in [1.54, 1.807) is 0 Å². The molecular weight excluding hydrogens is 298 g/mol. The van der Waals surface area contributed by atoms with E-state index in [-0.39, 0.29) is 35.3 Å². The minimum atomic E-state index is -0.397. The Balaban J connectivity index is 2.87. The van der Waals surface area contributed by atoms with Crippen molar-refractivity contribution in [3.8, 4) is 0 Å². The highest BCUT2D eigenvalue weighted by atomic mass is 35.5. The summed E-state index contributed by atoms with van der Waals surface area (Å²) in [5.74, 6) is -0.733. The van der Waals surface area contributed by atoms with E-state index in [0.29, 0.717) is 13.2 Å². The number of anilines is 1. The first kappa shape index (κ1) is 17.2. The van der Waals surface area contributed by atoms with Crippen molar-refractivity contribution in [1.82, 2.24) is 9.88 Å². The van der Waals surface area contributed by atoms with Gasteiger partial charge in [-0.15, -0.1) is 0 Å². The number of nitrogens with two attached hydrogens (primary N) is 1. The fourth-order valence-electron chi connectivity index (χ4n) is 1.64. The van der Waals surface area contributed by atoms with Crippen molar-refractivity contribution in [2.24, 2.45) is 0 Å². The first-order valence-corrected chi connectivity index (χ1v) is 6.63. The van der Waals surface area contributed by atoms with Gasteiger partial charge in [0.25, 0.3) is 5.91 Å². The average molecular weight is 316 g/mol. The molecule has 0 radical (unpaired) electrons. The summed E-state index contributed by atoms with van der Waals surface area (Å²) in [5, 5.41) is 0.173. The third kappa shape index (κ3) is 5.20. The normalized spacial score (nSPS) is 10.2. The lowest BCUT2D eigenvalue weighted by molar-refractivity contribution is -0.140. The molecule has 116 valence electrons. The second-order valence-electron chi connectivity index (χ2n) is 4.21. The maximum absolute atomic E-state index is 12.5. The summed E-state index contributed by atoms with van der Waals surface area (Å²) in [6.45, 7) is 0.867. The third-order valence-electron chi connectivity index (χ3n) is 2.80. The zero-order valence-electron chi connectivity index (χ0n) is 12.0. The third-order valence-corrected chi connectivity index (χ3v) is 3.00. The molecule has 0 saturated carbocycles. The fraction of sp³-hybridized carbons (Fsp3) is 0.462. The van der Waals surface area contributed by atoms with Crippen LogP contribution in [0.15, 0.2) is 12.3 Å². The lowest BCUT2D eigenvalue weighted by atomic mass is 10.2. The Labute approximate surface area is 128 Å². The van der Waals surface area contributed by atoms with Gasteiger partial charge in [0.1, 0.15) is 5.15 Å². The number of methoxy groups -OCH3 is 2. The molecule has 1 amide bonds. The number of hydrogen-bond acceptors (Lipinski definition) is 6. The van der Waals surface area contributed by atoms with Gasteiger partial charge in [-0.3, -0.25) is 9.59 Å². The van der Waals surface area contributed by atoms with E-state index < -0.39 is 5.97 Å². The highest BCUT2D eigenvalue weighted by Crippen LogP contribution is 2.17. The molecule has 21 heavy (non-hydrogen) atoms. The van der Waals surface area contributed by atoms with Crippen LogP contribution in [0.3, 0.4) is 0 Å². The standard InChI is InChI=1S/C13H18ClN3O4/c1-20-6-5-17(4-3-12(18)21-2)13(19)9-7-11(14)16-8-10(9)15/h7-8H,3-6,15H2,1-2H3. The van der Waals surface area contributed by atoms with Crippen molar-refractivity contribution in [3.05, 3.63) is 23.0 Å². The largest absolute Gasteiger partial charge is 0.469 e. The summed E-state index contributed by atoms with van der Waals surface area (Å²) in [4.78, 5) is 29.0. The molecule has 0 unspecified atom stereocenters. The smallest absolute Gasteiger partial charge is 0.307 e. The maximum Gasteiger partial charge on any atom is 0.307 e. The lowest BCUT2D eigenvalue weighted by Gasteiger charge is -2.22. The first-order chi connectivity index (χ1) is 9.99. The van der Waals surface area contributed by atoms with Gasteiger partial charge in [0.05, 0.1) is 37.6 Å². The molecule has 2 N–H and O–H groups in total. The van der Waals surface area contributed by atoms with E-state index >= 15 is 0 Å². The average Bonchev–Trinajstić information content (AvgIpc) is 2.48. The number of pyridine rings is 1. The molecule has 1 heterocycles. The van der Waals surface area contributed by atoms with Crippen LogP contribution in [0.25, 0.3) is 0 Å². The van der Waals surface area contributed by atoms with Crippen molar-refractivity contribution in [1.29, 1.82) is 0 Å². The van der Waals surface area contributed by atoms with Gasteiger partial charge in [0.2, 0.25) is 0 Å². The number of hydrogen-bond donors (Lipinski definition) is 1. The number of carbonyl (C=O) groups is 2. The Bertz CT molecular complexity index is 510. The topological polar surface area (TPSA) is 94.7 Å². The van der Waals surface area contributed by atoms with Gasteiger partial charge in [-0.1, -0.05) is 11.6 Å². The monoisotopic (exact) mass is 315 g/mol. The Hall–Kier alpha value is -1.86. The minimum Gasteiger partial charge on any atom is -0.469 e. The predicted octanol–water partition coefficient (Wildman–Crippen LogP) is 0.969. The minimum absolute atomic E-state index is 0.0880. The highest BCUT2D eigenvalue weighted by molar-refractivity contribution is 6.29. The number of halogens is 1. The van der Waals surface area contributed by atoms with Crippen LogP contribution in [0.1, 0.15) is 16.8 Å². The molecule has 0 aromatic carbocycles. The second-order valence-corrected chi connectivity index (χ2v) is 4.59. The van der Waals surface area contributed by atoms with Crippen molar-refractivity contribution in [3.63, 3.8) is 0 Å². The van der Waals surface area contributed by atoms with Crippen molar-refractivity contribution >= 4 is 29.2 Å². The Morgan fingerprint density at radius 3 is 2.71 bits per heavy atom. The molecule has 0 fully saturated rings. The van der Waals surface area contributed by atoms with Crippen molar-refractivity contribution < 1.29 is 19.1 Å². The van der Waals surface area contributed by atoms with E-state index in [9.17, 15) is 9.59 Å². The predicted molar refractivity (Wildman–Crippen MR) is 78.1 cm³/mol. The molecule has 0 aliphatic heterocycles. The zero-order valence-corrected chi connectivity index (χ0v) is 12.7. The molecule has 0 aliphatic rings. The number of ether oxygens (including phenoxy) is 2. The molecule has 1 aromatic heterocycles. The first-order valence-electron chi connectivity index (χ1n) is 6.25. The number of amides is 1. The Morgan fingerprint density at radius 2 is 2.10 bits per heavy atom. The van der Waals surface area contributed by atoms with Crippen molar-refractivity contribution in [2.75, 3.05) is 39.6 Å². The molecule has 1 rings (SSSR count). The van der Waals surface area contributed by atoms with E-state index in [4.69, 9.17) is 22.1 Å². The number of nitrogen functional groups attached to an aromatic ring is 1. The number of aromatic nitrogens is 1. The fourth-order valence-corrected chi connectivity index (χ4v) is 1.80. The summed E-state index contributed by atoms with van der Waals surface area (Å²) >= 11 is 5.78. The molecule has 0 bridgehead atoms. The van der Waals surface area contributed by atoms with Crippen LogP contribution < -0.4 is 5.73 Å². The Kier molecular flexibility index (Phi) is 6.90. The molecule has 0 saturated heterocycles. The van der Waals surface area contributed by atoms with Gasteiger partial charge in [-0.25, -0.2) is 4.98 Å². The van der Waals surface area contributed by atoms with E-state index in [2.05, 4.69) is 9.72 Å². The number of rotatable bonds is 7. The summed E-state index contributed by atoms with van der Waals surface area (Å²) < 4.78 is 9.54. The molecule has 8 heteroatoms. The maximum atomic E-state index is 12.5. The molecular formula is C13H18ClN3O4. The van der Waals surface area contributed by atoms with Gasteiger partial charge in [-0.2, -0.15) is 0 Å². The van der Waals surface area contributed by atoms with Crippen LogP contribution in [0.4, 0.5) is 5.69 Å². The van der Waals surface area contributed by atoms with E-state index in [1.807, 2.05) is 0 Å². The van der Waals surface area contributed by atoms with Crippen LogP contribution >= 0.6 is 11.6 Å². The van der Waals surface area contributed by atoms with Crippen LogP contribution in [0.2, 0.25) is 5.15 Å². The van der Waals surface area contributed by atoms with Gasteiger partial charge >= 0.3 is 5.97 Å². The molecule has 0 aliphatic carbocycles. The number of carbonyl (C=O) groups excluding carboxylic acids is 2. The molecule has 0 spiro atoms. The molecule has 1 aromatic rings. The van der Waals surface area contributed by atoms with Gasteiger partial charge in [-0.05, 0) is 6.07 Å². The van der Waals surface area contributed by atoms with Gasteiger partial charge in [0.15, 0.2) is 0 Å². The quantitative estimate of drug-likeness (QED) is 0.595. The number of nitrogens with zero attached hydrogens (tertiary/aromatic N) is 2. The van der Waals surface area contributed by atoms with Crippen LogP contribution in [0.5, 0.6) is 0 Å². The SMILES string of the molecule is COCCN(CCC(=O)OC)C(=O)c1cc(Cl)ncc1N. The summed E-state index contributed by atoms with van der Waals surface area (Å²) in [6.07, 6.45) is 1.41. The lowest BCUT2D eigenvalue weighted by Crippen LogP contribution is -2.36. The Morgan fingerprint density at radius 1 is 1.38 bits per heavy atom.